The zero-order valence-corrected chi connectivity index (χ0v) is 13.1. The maximum atomic E-state index is 6.43. The number of hydrogen-bond acceptors (Lipinski definition) is 2. The molecule has 2 heteroatoms. The summed E-state index contributed by atoms with van der Waals surface area (Å²) in [6.45, 7) is 0. The summed E-state index contributed by atoms with van der Waals surface area (Å²) >= 11 is 0. The number of nitrogens with two attached hydrogens (primary N) is 2. The molecule has 0 fully saturated rings. The van der Waals surface area contributed by atoms with Crippen molar-refractivity contribution in [1.82, 2.24) is 0 Å². The highest BCUT2D eigenvalue weighted by atomic mass is 14.6. The van der Waals surface area contributed by atoms with Crippen molar-refractivity contribution in [3.05, 3.63) is 22.5 Å². The number of hydrogen-bond donors (Lipinski definition) is 2. The van der Waals surface area contributed by atoms with Crippen LogP contribution in [-0.2, 0) is 0 Å². The molecule has 0 aromatic carbocycles. The van der Waals surface area contributed by atoms with Crippen molar-refractivity contribution in [1.29, 1.82) is 0 Å². The van der Waals surface area contributed by atoms with Crippen LogP contribution >= 0.6 is 0 Å². The fourth-order valence-corrected chi connectivity index (χ4v) is 3.61. The van der Waals surface area contributed by atoms with Crippen LogP contribution in [0.15, 0.2) is 22.5 Å². The third-order valence-corrected chi connectivity index (χ3v) is 4.89. The molecule has 0 spiro atoms. The first-order chi connectivity index (χ1) is 9.79. The van der Waals surface area contributed by atoms with Crippen molar-refractivity contribution in [3.63, 3.8) is 0 Å². The lowest BCUT2D eigenvalue weighted by Crippen LogP contribution is -2.10. The average Bonchev–Trinajstić information content (AvgIpc) is 2.60. The van der Waals surface area contributed by atoms with E-state index < -0.39 is 0 Å². The quantitative estimate of drug-likeness (QED) is 0.715. The minimum atomic E-state index is 1.08. The summed E-state index contributed by atoms with van der Waals surface area (Å²) in [5, 5.41) is 0. The van der Waals surface area contributed by atoms with Crippen LogP contribution in [0.3, 0.4) is 0 Å². The van der Waals surface area contributed by atoms with Gasteiger partial charge < -0.3 is 11.5 Å². The van der Waals surface area contributed by atoms with Crippen LogP contribution in [0.4, 0.5) is 0 Å². The summed E-state index contributed by atoms with van der Waals surface area (Å²) in [6.07, 6.45) is 17.6. The second-order valence-corrected chi connectivity index (χ2v) is 6.54. The predicted molar refractivity (Wildman–Crippen MR) is 87.1 cm³/mol. The van der Waals surface area contributed by atoms with Gasteiger partial charge in [-0.25, -0.2) is 0 Å². The fraction of sp³-hybridized carbons (Fsp3) is 0.778. The van der Waals surface area contributed by atoms with Gasteiger partial charge in [0.25, 0.3) is 0 Å². The lowest BCUT2D eigenvalue weighted by Gasteiger charge is -2.18. The second kappa shape index (κ2) is 8.39. The van der Waals surface area contributed by atoms with Crippen molar-refractivity contribution >= 4 is 0 Å². The molecule has 0 amide bonds. The normalized spacial score (nSPS) is 31.4. The van der Waals surface area contributed by atoms with Crippen LogP contribution in [0.25, 0.3) is 0 Å². The Morgan fingerprint density at radius 1 is 0.400 bits per heavy atom. The van der Waals surface area contributed by atoms with Crippen LogP contribution in [0, 0.1) is 0 Å². The van der Waals surface area contributed by atoms with Gasteiger partial charge in [-0.2, -0.15) is 0 Å². The van der Waals surface area contributed by atoms with Crippen molar-refractivity contribution < 1.29 is 0 Å². The Balaban J connectivity index is 2.21. The van der Waals surface area contributed by atoms with E-state index in [1.165, 1.54) is 75.4 Å². The minimum Gasteiger partial charge on any atom is -0.402 e. The summed E-state index contributed by atoms with van der Waals surface area (Å²) < 4.78 is 0. The molecule has 4 N–H and O–H groups in total. The molecule has 0 aromatic heterocycles. The summed E-state index contributed by atoms with van der Waals surface area (Å²) in [7, 11) is 0. The van der Waals surface area contributed by atoms with E-state index in [4.69, 9.17) is 11.5 Å². The van der Waals surface area contributed by atoms with Gasteiger partial charge in [0.15, 0.2) is 0 Å². The van der Waals surface area contributed by atoms with E-state index in [2.05, 4.69) is 0 Å². The molecule has 0 aliphatic heterocycles. The number of allylic oxidation sites excluding steroid dienone is 4. The smallest absolute Gasteiger partial charge is 0.0116 e. The van der Waals surface area contributed by atoms with E-state index >= 15 is 0 Å². The summed E-state index contributed by atoms with van der Waals surface area (Å²) in [5.41, 5.74) is 18.0. The highest BCUT2D eigenvalue weighted by molar-refractivity contribution is 5.37. The van der Waals surface area contributed by atoms with Crippen molar-refractivity contribution in [2.45, 2.75) is 89.9 Å². The maximum Gasteiger partial charge on any atom is 0.0116 e. The van der Waals surface area contributed by atoms with Gasteiger partial charge >= 0.3 is 0 Å². The van der Waals surface area contributed by atoms with Crippen LogP contribution in [0.5, 0.6) is 0 Å². The molecule has 0 aromatic rings. The average molecular weight is 276 g/mol. The molecule has 0 bridgehead atoms. The van der Waals surface area contributed by atoms with Gasteiger partial charge in [0, 0.05) is 11.4 Å². The number of rotatable bonds is 1. The van der Waals surface area contributed by atoms with Crippen LogP contribution in [0.2, 0.25) is 0 Å². The monoisotopic (exact) mass is 276 g/mol. The summed E-state index contributed by atoms with van der Waals surface area (Å²) in [6, 6.07) is 0. The van der Waals surface area contributed by atoms with Gasteiger partial charge in [-0.1, -0.05) is 38.5 Å². The molecule has 0 saturated carbocycles. The van der Waals surface area contributed by atoms with E-state index in [-0.39, 0.29) is 0 Å². The fourth-order valence-electron chi connectivity index (χ4n) is 3.61. The second-order valence-electron chi connectivity index (χ2n) is 6.54. The molecule has 20 heavy (non-hydrogen) atoms. The molecule has 0 unspecified atom stereocenters. The first-order valence-electron chi connectivity index (χ1n) is 8.74. The van der Waals surface area contributed by atoms with Gasteiger partial charge in [-0.3, -0.25) is 0 Å². The van der Waals surface area contributed by atoms with E-state index in [1.807, 2.05) is 0 Å². The Morgan fingerprint density at radius 3 is 1.10 bits per heavy atom. The van der Waals surface area contributed by atoms with Gasteiger partial charge in [-0.15, -0.1) is 0 Å². The Labute approximate surface area is 124 Å². The standard InChI is InChI=1S/C18H32N2/c19-17-13-9-5-1-3-7-11-15(17)16-12-8-4-2-6-10-14-18(16)20/h1-14,19-20H2/b17-15-,18-16+. The molecule has 2 rings (SSSR count). The third kappa shape index (κ3) is 4.57. The molecule has 2 aliphatic carbocycles. The van der Waals surface area contributed by atoms with E-state index in [1.54, 1.807) is 0 Å². The van der Waals surface area contributed by atoms with E-state index in [9.17, 15) is 0 Å². The SMILES string of the molecule is N/C1=C(\C2=C(\N)CCCCCCC2)CCCCCCC1. The minimum absolute atomic E-state index is 1.08. The van der Waals surface area contributed by atoms with Crippen molar-refractivity contribution in [3.8, 4) is 0 Å². The molecule has 2 nitrogen and oxygen atoms in total. The highest BCUT2D eigenvalue weighted by Gasteiger charge is 2.15. The Bertz CT molecular complexity index is 330. The molecule has 0 heterocycles. The first kappa shape index (κ1) is 15.5. The summed E-state index contributed by atoms with van der Waals surface area (Å²) in [4.78, 5) is 0. The lowest BCUT2D eigenvalue weighted by atomic mass is 9.91. The largest absolute Gasteiger partial charge is 0.402 e. The Morgan fingerprint density at radius 2 is 0.700 bits per heavy atom. The lowest BCUT2D eigenvalue weighted by molar-refractivity contribution is 0.622. The molecule has 114 valence electrons. The van der Waals surface area contributed by atoms with E-state index in [0.29, 0.717) is 0 Å². The Hall–Kier alpha value is -0.920. The zero-order valence-electron chi connectivity index (χ0n) is 13.1. The van der Waals surface area contributed by atoms with Gasteiger partial charge in [0.05, 0.1) is 0 Å². The maximum absolute atomic E-state index is 6.43. The zero-order chi connectivity index (χ0) is 14.2. The van der Waals surface area contributed by atoms with Gasteiger partial charge in [0.1, 0.15) is 0 Å². The van der Waals surface area contributed by atoms with Crippen LogP contribution in [0.1, 0.15) is 89.9 Å². The van der Waals surface area contributed by atoms with E-state index in [0.717, 1.165) is 37.1 Å². The van der Waals surface area contributed by atoms with Crippen LogP contribution in [-0.4, -0.2) is 0 Å². The topological polar surface area (TPSA) is 52.0 Å². The molecule has 0 atom stereocenters. The third-order valence-electron chi connectivity index (χ3n) is 4.89. The Kier molecular flexibility index (Phi) is 6.49. The summed E-state index contributed by atoms with van der Waals surface area (Å²) in [5.74, 6) is 0. The molecule has 0 radical (unpaired) electrons. The molecule has 0 saturated heterocycles. The molecular formula is C18H32N2. The predicted octanol–water partition coefficient (Wildman–Crippen LogP) is 4.90. The van der Waals surface area contributed by atoms with Crippen LogP contribution < -0.4 is 11.5 Å². The molecule has 2 aliphatic rings. The highest BCUT2D eigenvalue weighted by Crippen LogP contribution is 2.31. The molecular weight excluding hydrogens is 244 g/mol. The van der Waals surface area contributed by atoms with Crippen molar-refractivity contribution in [2.24, 2.45) is 11.5 Å². The first-order valence-corrected chi connectivity index (χ1v) is 8.74. The van der Waals surface area contributed by atoms with Gasteiger partial charge in [-0.05, 0) is 62.5 Å². The van der Waals surface area contributed by atoms with Gasteiger partial charge in [0.2, 0.25) is 0 Å². The van der Waals surface area contributed by atoms with Crippen molar-refractivity contribution in [2.75, 3.05) is 0 Å².